The van der Waals surface area contributed by atoms with Gasteiger partial charge in [-0.05, 0) is 31.2 Å². The van der Waals surface area contributed by atoms with E-state index in [0.29, 0.717) is 0 Å². The third kappa shape index (κ3) is 5.24. The van der Waals surface area contributed by atoms with Crippen molar-refractivity contribution in [3.05, 3.63) is 48.3 Å². The molecule has 0 unspecified atom stereocenters. The van der Waals surface area contributed by atoms with Gasteiger partial charge in [-0.15, -0.1) is 0 Å². The summed E-state index contributed by atoms with van der Waals surface area (Å²) in [7, 11) is 0. The van der Waals surface area contributed by atoms with E-state index in [9.17, 15) is 22.0 Å². The number of nitrogens with one attached hydrogen (secondary N) is 1. The molecule has 0 amide bonds. The first kappa shape index (κ1) is 23.4. The Labute approximate surface area is 190 Å². The van der Waals surface area contributed by atoms with Gasteiger partial charge in [0.2, 0.25) is 5.95 Å². The minimum atomic E-state index is -4.72. The lowest BCUT2D eigenvalue weighted by Gasteiger charge is -2.30. The van der Waals surface area contributed by atoms with Crippen molar-refractivity contribution < 1.29 is 22.0 Å². The molecule has 0 radical (unpaired) electrons. The summed E-state index contributed by atoms with van der Waals surface area (Å²) in [5, 5.41) is 3.11. The summed E-state index contributed by atoms with van der Waals surface area (Å²) < 4.78 is 71.0. The molecule has 33 heavy (non-hydrogen) atoms. The van der Waals surface area contributed by atoms with Crippen LogP contribution in [0.1, 0.15) is 30.5 Å². The summed E-state index contributed by atoms with van der Waals surface area (Å²) in [6.45, 7) is 1.68. The molecule has 3 aromatic rings. The monoisotopic (exact) mass is 485 g/mol. The number of alkyl halides is 5. The van der Waals surface area contributed by atoms with Gasteiger partial charge in [-0.1, -0.05) is 11.9 Å². The van der Waals surface area contributed by atoms with Crippen molar-refractivity contribution in [1.29, 1.82) is 0 Å². The van der Waals surface area contributed by atoms with Crippen molar-refractivity contribution in [3.63, 3.8) is 0 Å². The van der Waals surface area contributed by atoms with Crippen LogP contribution >= 0.6 is 11.9 Å². The highest BCUT2D eigenvalue weighted by atomic mass is 32.2. The number of piperidine rings is 1. The normalized spacial score (nSPS) is 15.8. The Balaban J connectivity index is 1.66. The summed E-state index contributed by atoms with van der Waals surface area (Å²) in [5.41, 5.74) is -2.08. The average Bonchev–Trinajstić information content (AvgIpc) is 3.29. The molecule has 0 atom stereocenters. The standard InChI is InChI=1S/C20H20F5N7S/c1-33-32-7-4-12(5-8-32)29-19-27-9-13(20(23,24)25)16(30-19)14-10-31(11-28-14)15-3-2-6-26-17(15)18(21)22/h2-3,6,9-12,18H,4-5,7-8H2,1H3,(H,27,29,30). The predicted molar refractivity (Wildman–Crippen MR) is 114 cm³/mol. The number of halogens is 5. The first-order chi connectivity index (χ1) is 15.8. The van der Waals surface area contributed by atoms with Gasteiger partial charge >= 0.3 is 6.18 Å². The van der Waals surface area contributed by atoms with E-state index in [0.717, 1.165) is 38.5 Å². The summed E-state index contributed by atoms with van der Waals surface area (Å²) in [4.78, 5) is 15.6. The van der Waals surface area contributed by atoms with Crippen LogP contribution in [-0.4, -0.2) is 54.2 Å². The minimum absolute atomic E-state index is 0.0211. The molecule has 1 N–H and O–H groups in total. The number of nitrogens with zero attached hydrogens (tertiary/aromatic N) is 6. The maximum atomic E-state index is 13.7. The Bertz CT molecular complexity index is 1100. The number of hydrogen-bond acceptors (Lipinski definition) is 7. The Kier molecular flexibility index (Phi) is 6.79. The van der Waals surface area contributed by atoms with Gasteiger partial charge in [-0.2, -0.15) is 13.2 Å². The van der Waals surface area contributed by atoms with Gasteiger partial charge in [0.05, 0.1) is 5.69 Å². The Morgan fingerprint density at radius 2 is 1.91 bits per heavy atom. The maximum Gasteiger partial charge on any atom is 0.420 e. The first-order valence-electron chi connectivity index (χ1n) is 10.0. The molecule has 4 rings (SSSR count). The van der Waals surface area contributed by atoms with Gasteiger partial charge in [0.1, 0.15) is 29.0 Å². The fourth-order valence-corrected chi connectivity index (χ4v) is 4.17. The highest BCUT2D eigenvalue weighted by molar-refractivity contribution is 7.96. The summed E-state index contributed by atoms with van der Waals surface area (Å²) in [6.07, 6.45) is 0.334. The smallest absolute Gasteiger partial charge is 0.351 e. The third-order valence-electron chi connectivity index (χ3n) is 5.27. The van der Waals surface area contributed by atoms with Gasteiger partial charge in [-0.25, -0.2) is 23.7 Å². The van der Waals surface area contributed by atoms with E-state index in [1.165, 1.54) is 29.1 Å². The van der Waals surface area contributed by atoms with Crippen LogP contribution in [0.15, 0.2) is 37.1 Å². The molecule has 4 heterocycles. The van der Waals surface area contributed by atoms with Gasteiger partial charge in [0, 0.05) is 37.7 Å². The summed E-state index contributed by atoms with van der Waals surface area (Å²) in [6, 6.07) is 2.87. The van der Waals surface area contributed by atoms with Crippen LogP contribution in [-0.2, 0) is 6.18 Å². The molecule has 13 heteroatoms. The zero-order valence-electron chi connectivity index (χ0n) is 17.4. The second-order valence-corrected chi connectivity index (χ2v) is 8.24. The number of pyridine rings is 1. The van der Waals surface area contributed by atoms with Gasteiger partial charge in [0.15, 0.2) is 0 Å². The van der Waals surface area contributed by atoms with Crippen LogP contribution in [0.2, 0.25) is 0 Å². The predicted octanol–water partition coefficient (Wildman–Crippen LogP) is 4.84. The quantitative estimate of drug-likeness (QED) is 0.396. The van der Waals surface area contributed by atoms with E-state index in [2.05, 4.69) is 29.6 Å². The molecule has 0 saturated carbocycles. The van der Waals surface area contributed by atoms with Crippen LogP contribution in [0.25, 0.3) is 17.1 Å². The van der Waals surface area contributed by atoms with E-state index in [1.807, 2.05) is 6.26 Å². The number of aromatic nitrogens is 5. The third-order valence-corrected chi connectivity index (χ3v) is 6.15. The largest absolute Gasteiger partial charge is 0.420 e. The second kappa shape index (κ2) is 9.59. The van der Waals surface area contributed by atoms with Crippen LogP contribution < -0.4 is 5.32 Å². The van der Waals surface area contributed by atoms with Gasteiger partial charge in [-0.3, -0.25) is 9.29 Å². The summed E-state index contributed by atoms with van der Waals surface area (Å²) >= 11 is 1.65. The van der Waals surface area contributed by atoms with E-state index in [1.54, 1.807) is 11.9 Å². The molecule has 1 saturated heterocycles. The van der Waals surface area contributed by atoms with Crippen LogP contribution in [0.5, 0.6) is 0 Å². The zero-order chi connectivity index (χ0) is 23.6. The molecular weight excluding hydrogens is 465 g/mol. The van der Waals surface area contributed by atoms with Crippen molar-refractivity contribution >= 4 is 17.9 Å². The molecule has 176 valence electrons. The molecule has 0 aromatic carbocycles. The Hall–Kier alpha value is -2.80. The molecule has 7 nitrogen and oxygen atoms in total. The molecule has 1 aliphatic heterocycles. The lowest BCUT2D eigenvalue weighted by Crippen LogP contribution is -2.35. The van der Waals surface area contributed by atoms with E-state index in [-0.39, 0.29) is 23.4 Å². The van der Waals surface area contributed by atoms with Gasteiger partial charge in [0.25, 0.3) is 6.43 Å². The minimum Gasteiger partial charge on any atom is -0.351 e. The molecule has 3 aromatic heterocycles. The maximum absolute atomic E-state index is 13.7. The van der Waals surface area contributed by atoms with Crippen LogP contribution in [0.3, 0.4) is 0 Å². The van der Waals surface area contributed by atoms with E-state index < -0.39 is 29.6 Å². The highest BCUT2D eigenvalue weighted by Crippen LogP contribution is 2.36. The van der Waals surface area contributed by atoms with Crippen LogP contribution in [0, 0.1) is 0 Å². The zero-order valence-corrected chi connectivity index (χ0v) is 18.2. The lowest BCUT2D eigenvalue weighted by atomic mass is 10.1. The van der Waals surface area contributed by atoms with Crippen molar-refractivity contribution in [2.24, 2.45) is 0 Å². The topological polar surface area (TPSA) is 71.8 Å². The molecule has 0 bridgehead atoms. The second-order valence-electron chi connectivity index (χ2n) is 7.36. The molecule has 1 aliphatic rings. The molecule has 0 spiro atoms. The molecule has 1 fully saturated rings. The number of rotatable bonds is 6. The first-order valence-corrected chi connectivity index (χ1v) is 11.2. The SMILES string of the molecule is CSN1CCC(Nc2ncc(C(F)(F)F)c(-c3cn(-c4cccnc4C(F)F)cn3)n2)CC1. The van der Waals surface area contributed by atoms with E-state index in [4.69, 9.17) is 0 Å². The Morgan fingerprint density at radius 3 is 2.58 bits per heavy atom. The van der Waals surface area contributed by atoms with Crippen molar-refractivity contribution in [2.75, 3.05) is 24.7 Å². The van der Waals surface area contributed by atoms with Crippen molar-refractivity contribution in [1.82, 2.24) is 28.8 Å². The molecule has 0 aliphatic carbocycles. The van der Waals surface area contributed by atoms with E-state index >= 15 is 0 Å². The number of hydrogen-bond donors (Lipinski definition) is 1. The number of imidazole rings is 1. The van der Waals surface area contributed by atoms with Crippen molar-refractivity contribution in [3.8, 4) is 17.1 Å². The van der Waals surface area contributed by atoms with Crippen molar-refractivity contribution in [2.45, 2.75) is 31.5 Å². The van der Waals surface area contributed by atoms with Gasteiger partial charge < -0.3 is 9.88 Å². The Morgan fingerprint density at radius 1 is 1.15 bits per heavy atom. The highest BCUT2D eigenvalue weighted by Gasteiger charge is 2.36. The summed E-state index contributed by atoms with van der Waals surface area (Å²) in [5.74, 6) is 0.0600. The number of anilines is 1. The lowest BCUT2D eigenvalue weighted by molar-refractivity contribution is -0.137. The molecular formula is C20H20F5N7S. The van der Waals surface area contributed by atoms with Crippen LogP contribution in [0.4, 0.5) is 27.9 Å². The fraction of sp³-hybridized carbons (Fsp3) is 0.400. The average molecular weight is 485 g/mol. The fourth-order valence-electron chi connectivity index (χ4n) is 3.59.